The number of hydrogen-bond acceptors (Lipinski definition) is 11. The highest BCUT2D eigenvalue weighted by Gasteiger charge is 2.46. The van der Waals surface area contributed by atoms with Crippen LogP contribution in [0.2, 0.25) is 0 Å². The first-order valence-corrected chi connectivity index (χ1v) is 14.7. The highest BCUT2D eigenvalue weighted by molar-refractivity contribution is 5.82. The molecular formula is C33H36O11. The van der Waals surface area contributed by atoms with Gasteiger partial charge in [-0.2, -0.15) is 0 Å². The number of aliphatic hydroxyl groups is 8. The first-order chi connectivity index (χ1) is 21.2. The van der Waals surface area contributed by atoms with Gasteiger partial charge in [-0.1, -0.05) is 35.8 Å². The predicted molar refractivity (Wildman–Crippen MR) is 154 cm³/mol. The van der Waals surface area contributed by atoms with Crippen LogP contribution in [0.4, 0.5) is 0 Å². The van der Waals surface area contributed by atoms with Crippen molar-refractivity contribution in [2.45, 2.75) is 79.3 Å². The summed E-state index contributed by atoms with van der Waals surface area (Å²) in [7, 11) is 0. The second-order valence-electron chi connectivity index (χ2n) is 11.8. The maximum atomic E-state index is 10.4. The molecule has 0 amide bonds. The zero-order valence-corrected chi connectivity index (χ0v) is 23.8. The normalized spacial score (nSPS) is 35.5. The Morgan fingerprint density at radius 2 is 1.05 bits per heavy atom. The van der Waals surface area contributed by atoms with Gasteiger partial charge in [0.2, 0.25) is 0 Å². The fourth-order valence-corrected chi connectivity index (χ4v) is 6.66. The Hall–Kier alpha value is -2.88. The molecule has 8 unspecified atom stereocenters. The number of ether oxygens (including phenoxy) is 3. The molecule has 3 heterocycles. The van der Waals surface area contributed by atoms with Gasteiger partial charge >= 0.3 is 0 Å². The van der Waals surface area contributed by atoms with Gasteiger partial charge in [0, 0.05) is 29.8 Å². The van der Waals surface area contributed by atoms with Crippen molar-refractivity contribution in [3.63, 3.8) is 0 Å². The summed E-state index contributed by atoms with van der Waals surface area (Å²) in [4.78, 5) is 0. The molecule has 0 aromatic heterocycles. The van der Waals surface area contributed by atoms with Gasteiger partial charge in [0.1, 0.15) is 61.0 Å². The van der Waals surface area contributed by atoms with Gasteiger partial charge in [0.05, 0.1) is 13.2 Å². The van der Waals surface area contributed by atoms with Crippen LogP contribution in [-0.4, -0.2) is 128 Å². The van der Waals surface area contributed by atoms with Gasteiger partial charge in [-0.3, -0.25) is 0 Å². The lowest BCUT2D eigenvalue weighted by Gasteiger charge is -2.37. The second kappa shape index (κ2) is 12.5. The van der Waals surface area contributed by atoms with Gasteiger partial charge in [-0.05, 0) is 59.4 Å². The highest BCUT2D eigenvalue weighted by Crippen LogP contribution is 2.54. The largest absolute Gasteiger partial charge is 0.394 e. The van der Waals surface area contributed by atoms with Crippen molar-refractivity contribution in [1.82, 2.24) is 0 Å². The molecule has 0 radical (unpaired) electrons. The molecule has 1 aliphatic carbocycles. The van der Waals surface area contributed by atoms with Gasteiger partial charge < -0.3 is 55.1 Å². The van der Waals surface area contributed by atoms with Crippen molar-refractivity contribution < 1.29 is 55.1 Å². The third-order valence-corrected chi connectivity index (χ3v) is 9.21. The smallest absolute Gasteiger partial charge is 0.147 e. The Morgan fingerprint density at radius 3 is 1.45 bits per heavy atom. The van der Waals surface area contributed by atoms with Crippen molar-refractivity contribution in [2.75, 3.05) is 26.4 Å². The summed E-state index contributed by atoms with van der Waals surface area (Å²) in [6, 6.07) is 11.7. The highest BCUT2D eigenvalue weighted by atomic mass is 16.5. The molecule has 1 spiro atoms. The van der Waals surface area contributed by atoms with Crippen LogP contribution in [-0.2, 0) is 19.6 Å². The van der Waals surface area contributed by atoms with Gasteiger partial charge in [0.25, 0.3) is 0 Å². The van der Waals surface area contributed by atoms with Crippen molar-refractivity contribution in [3.05, 3.63) is 58.7 Å². The Morgan fingerprint density at radius 1 is 0.614 bits per heavy atom. The van der Waals surface area contributed by atoms with E-state index in [-0.39, 0.29) is 5.41 Å². The van der Waals surface area contributed by atoms with Crippen LogP contribution in [0.15, 0.2) is 36.4 Å². The monoisotopic (exact) mass is 608 g/mol. The van der Waals surface area contributed by atoms with E-state index in [2.05, 4.69) is 23.7 Å². The number of aliphatic hydroxyl groups excluding tert-OH is 8. The van der Waals surface area contributed by atoms with Crippen LogP contribution in [0, 0.1) is 23.7 Å². The van der Waals surface area contributed by atoms with E-state index in [1.165, 1.54) is 0 Å². The molecule has 0 saturated carbocycles. The number of benzene rings is 2. The zero-order valence-electron chi connectivity index (χ0n) is 23.8. The van der Waals surface area contributed by atoms with E-state index in [1.807, 2.05) is 36.4 Å². The van der Waals surface area contributed by atoms with E-state index >= 15 is 0 Å². The summed E-state index contributed by atoms with van der Waals surface area (Å²) < 4.78 is 16.8. The van der Waals surface area contributed by atoms with Crippen LogP contribution >= 0.6 is 0 Å². The van der Waals surface area contributed by atoms with Gasteiger partial charge in [-0.25, -0.2) is 0 Å². The molecular weight excluding hydrogens is 572 g/mol. The van der Waals surface area contributed by atoms with E-state index in [0.29, 0.717) is 24.3 Å². The van der Waals surface area contributed by atoms with Crippen LogP contribution < -0.4 is 0 Å². The minimum absolute atomic E-state index is 0.370. The van der Waals surface area contributed by atoms with Crippen molar-refractivity contribution in [1.29, 1.82) is 0 Å². The lowest BCUT2D eigenvalue weighted by molar-refractivity contribution is -0.214. The van der Waals surface area contributed by atoms with E-state index in [4.69, 9.17) is 14.2 Å². The molecule has 234 valence electrons. The zero-order chi connectivity index (χ0) is 31.2. The van der Waals surface area contributed by atoms with Crippen LogP contribution in [0.25, 0.3) is 11.1 Å². The number of rotatable bonds is 2. The SMILES string of the molecule is OCC1OC(C#Cc2ccc3c(c2)C2(CCOCC2)c2cc(C#CC4OC(CO)[C@@H](O)C(O)C4O)ccc2-3)C(O)C(O)[C@@H]1O. The van der Waals surface area contributed by atoms with E-state index < -0.39 is 74.3 Å². The topological polar surface area (TPSA) is 190 Å². The number of fused-ring (bicyclic) bond motifs is 5. The Bertz CT molecular complexity index is 1390. The molecule has 8 N–H and O–H groups in total. The molecule has 11 heteroatoms. The summed E-state index contributed by atoms with van der Waals surface area (Å²) in [5.41, 5.74) is 5.22. The predicted octanol–water partition coefficient (Wildman–Crippen LogP) is -1.85. The van der Waals surface area contributed by atoms with Gasteiger partial charge in [0.15, 0.2) is 0 Å². The fourth-order valence-electron chi connectivity index (χ4n) is 6.66. The molecule has 2 aromatic rings. The third kappa shape index (κ3) is 5.35. The van der Waals surface area contributed by atoms with Crippen molar-refractivity contribution in [2.24, 2.45) is 0 Å². The molecule has 0 bridgehead atoms. The first kappa shape index (κ1) is 31.1. The van der Waals surface area contributed by atoms with E-state index in [0.717, 1.165) is 35.1 Å². The second-order valence-corrected chi connectivity index (χ2v) is 11.8. The molecule has 3 saturated heterocycles. The van der Waals surface area contributed by atoms with Crippen LogP contribution in [0.3, 0.4) is 0 Å². The maximum Gasteiger partial charge on any atom is 0.147 e. The summed E-state index contributed by atoms with van der Waals surface area (Å²) in [6.07, 6.45) is -11.6. The molecule has 10 atom stereocenters. The first-order valence-electron chi connectivity index (χ1n) is 14.7. The standard InChI is InChI=1S/C33H36O11/c34-15-25-29(38)31(40)27(36)23(43-25)7-3-17-1-5-19-20-6-2-18(4-8-24-28(37)32(41)30(39)26(16-35)44-24)14-22(20)33(21(19)13-17)9-11-42-12-10-33/h1-2,5-6,13-14,23-32,34-41H,9-12,15-16H2/t23?,24?,25?,26?,27?,28?,29-,30-,31?,32?/m1/s1. The third-order valence-electron chi connectivity index (χ3n) is 9.21. The molecule has 11 nitrogen and oxygen atoms in total. The molecule has 2 aromatic carbocycles. The average Bonchev–Trinajstić information content (AvgIpc) is 3.29. The fraction of sp³-hybridized carbons (Fsp3) is 0.515. The summed E-state index contributed by atoms with van der Waals surface area (Å²) in [5.74, 6) is 11.8. The Kier molecular flexibility index (Phi) is 8.83. The summed E-state index contributed by atoms with van der Waals surface area (Å²) in [6.45, 7) is 0.0558. The Balaban J connectivity index is 1.31. The molecule has 3 fully saturated rings. The molecule has 44 heavy (non-hydrogen) atoms. The minimum Gasteiger partial charge on any atom is -0.394 e. The van der Waals surface area contributed by atoms with Crippen LogP contribution in [0.5, 0.6) is 0 Å². The number of hydrogen-bond donors (Lipinski definition) is 8. The van der Waals surface area contributed by atoms with E-state index in [9.17, 15) is 40.9 Å². The minimum atomic E-state index is -1.50. The average molecular weight is 609 g/mol. The molecule has 3 aliphatic heterocycles. The van der Waals surface area contributed by atoms with Crippen molar-refractivity contribution in [3.8, 4) is 34.8 Å². The maximum absolute atomic E-state index is 10.4. The summed E-state index contributed by atoms with van der Waals surface area (Å²) in [5, 5.41) is 80.1. The molecule has 6 rings (SSSR count). The quantitative estimate of drug-likeness (QED) is 0.179. The lowest BCUT2D eigenvalue weighted by Crippen LogP contribution is -2.58. The van der Waals surface area contributed by atoms with Gasteiger partial charge in [-0.15, -0.1) is 0 Å². The lowest BCUT2D eigenvalue weighted by atomic mass is 9.72. The molecule has 4 aliphatic rings. The van der Waals surface area contributed by atoms with Crippen LogP contribution in [0.1, 0.15) is 35.1 Å². The van der Waals surface area contributed by atoms with E-state index in [1.54, 1.807) is 0 Å². The van der Waals surface area contributed by atoms with Crippen molar-refractivity contribution >= 4 is 0 Å². The Labute approximate surface area is 254 Å². The summed E-state index contributed by atoms with van der Waals surface area (Å²) >= 11 is 0.